The molecule has 0 radical (unpaired) electrons. The summed E-state index contributed by atoms with van der Waals surface area (Å²) in [5.74, 6) is -0.208. The Labute approximate surface area is 158 Å². The zero-order valence-corrected chi connectivity index (χ0v) is 14.6. The van der Waals surface area contributed by atoms with E-state index in [9.17, 15) is 19.3 Å². The van der Waals surface area contributed by atoms with Crippen LogP contribution in [0, 0.1) is 15.9 Å². The number of hydrogen-bond acceptors (Lipinski definition) is 6. The van der Waals surface area contributed by atoms with Gasteiger partial charge in [-0.05, 0) is 42.5 Å². The second-order valence-corrected chi connectivity index (χ2v) is 5.55. The molecule has 9 heteroatoms. The quantitative estimate of drug-likeness (QED) is 0.396. The fraction of sp³-hybridized carbons (Fsp3) is 0.0526. The van der Waals surface area contributed by atoms with E-state index in [1.54, 1.807) is 24.3 Å². The molecule has 3 rings (SSSR count). The number of furan rings is 1. The number of nitro benzene ring substituents is 1. The van der Waals surface area contributed by atoms with Crippen molar-refractivity contribution in [2.75, 3.05) is 7.11 Å². The lowest BCUT2D eigenvalue weighted by atomic mass is 10.1. The fourth-order valence-corrected chi connectivity index (χ4v) is 2.41. The average Bonchev–Trinajstić information content (AvgIpc) is 3.16. The van der Waals surface area contributed by atoms with E-state index in [1.165, 1.54) is 31.5 Å². The van der Waals surface area contributed by atoms with Gasteiger partial charge in [-0.3, -0.25) is 14.9 Å². The van der Waals surface area contributed by atoms with E-state index in [-0.39, 0.29) is 17.1 Å². The van der Waals surface area contributed by atoms with E-state index in [0.717, 1.165) is 12.1 Å². The number of hydrogen-bond donors (Lipinski definition) is 1. The summed E-state index contributed by atoms with van der Waals surface area (Å²) in [5, 5.41) is 14.9. The number of rotatable bonds is 6. The van der Waals surface area contributed by atoms with Gasteiger partial charge in [0.1, 0.15) is 23.1 Å². The van der Waals surface area contributed by atoms with E-state index in [2.05, 4.69) is 10.5 Å². The maximum absolute atomic E-state index is 13.3. The van der Waals surface area contributed by atoms with Gasteiger partial charge in [0.15, 0.2) is 0 Å². The van der Waals surface area contributed by atoms with Gasteiger partial charge >= 0.3 is 0 Å². The van der Waals surface area contributed by atoms with Crippen LogP contribution in [0.4, 0.5) is 10.1 Å². The molecule has 2 aromatic carbocycles. The first-order valence-corrected chi connectivity index (χ1v) is 7.99. The smallest absolute Gasteiger partial charge is 0.283 e. The molecule has 28 heavy (non-hydrogen) atoms. The van der Waals surface area contributed by atoms with Crippen LogP contribution >= 0.6 is 0 Å². The number of ether oxygens (including phenoxy) is 1. The summed E-state index contributed by atoms with van der Waals surface area (Å²) in [4.78, 5) is 22.5. The summed E-state index contributed by atoms with van der Waals surface area (Å²) in [7, 11) is 1.50. The Balaban J connectivity index is 1.73. The molecular formula is C19H14FN3O5. The van der Waals surface area contributed by atoms with Crippen LogP contribution in [-0.2, 0) is 0 Å². The molecule has 1 N–H and O–H groups in total. The lowest BCUT2D eigenvalue weighted by molar-refractivity contribution is -0.384. The van der Waals surface area contributed by atoms with Crippen LogP contribution in [0.2, 0.25) is 0 Å². The summed E-state index contributed by atoms with van der Waals surface area (Å²) in [5.41, 5.74) is 2.42. The van der Waals surface area contributed by atoms with Crippen molar-refractivity contribution in [3.8, 4) is 17.1 Å². The minimum atomic E-state index is -0.718. The first-order chi connectivity index (χ1) is 13.5. The summed E-state index contributed by atoms with van der Waals surface area (Å²) in [6.45, 7) is 0. The van der Waals surface area contributed by atoms with Gasteiger partial charge in [0.2, 0.25) is 0 Å². The SMILES string of the molecule is COc1cccc(C(=O)N/N=C\c2ccc(-c3ccc(F)cc3[N+](=O)[O-])o2)c1. The highest BCUT2D eigenvalue weighted by atomic mass is 19.1. The van der Waals surface area contributed by atoms with Crippen LogP contribution < -0.4 is 10.2 Å². The van der Waals surface area contributed by atoms with Crippen LogP contribution in [0.15, 0.2) is 64.1 Å². The van der Waals surface area contributed by atoms with Gasteiger partial charge in [0.05, 0.1) is 29.9 Å². The Kier molecular flexibility index (Phi) is 5.45. The number of benzene rings is 2. The lowest BCUT2D eigenvalue weighted by Crippen LogP contribution is -2.17. The van der Waals surface area contributed by atoms with Gasteiger partial charge in [-0.25, -0.2) is 9.82 Å². The summed E-state index contributed by atoms with van der Waals surface area (Å²) in [6.07, 6.45) is 1.25. The van der Waals surface area contributed by atoms with Crippen molar-refractivity contribution in [2.45, 2.75) is 0 Å². The molecule has 8 nitrogen and oxygen atoms in total. The Morgan fingerprint density at radius 2 is 2.07 bits per heavy atom. The van der Waals surface area contributed by atoms with Crippen LogP contribution in [0.25, 0.3) is 11.3 Å². The molecule has 0 atom stereocenters. The molecule has 1 amide bonds. The number of hydrazone groups is 1. The van der Waals surface area contributed by atoms with Gasteiger partial charge in [0.25, 0.3) is 11.6 Å². The number of nitro groups is 1. The van der Waals surface area contributed by atoms with Crippen molar-refractivity contribution in [3.05, 3.63) is 81.9 Å². The second kappa shape index (κ2) is 8.12. The van der Waals surface area contributed by atoms with E-state index in [0.29, 0.717) is 11.3 Å². The van der Waals surface area contributed by atoms with Crippen molar-refractivity contribution < 1.29 is 23.3 Å². The largest absolute Gasteiger partial charge is 0.497 e. The van der Waals surface area contributed by atoms with Crippen molar-refractivity contribution in [2.24, 2.45) is 5.10 Å². The third kappa shape index (κ3) is 4.21. The maximum atomic E-state index is 13.3. The number of halogens is 1. The van der Waals surface area contributed by atoms with Gasteiger partial charge in [0, 0.05) is 5.56 Å². The third-order valence-corrected chi connectivity index (χ3v) is 3.74. The monoisotopic (exact) mass is 383 g/mol. The van der Waals surface area contributed by atoms with Crippen molar-refractivity contribution in [1.82, 2.24) is 5.43 Å². The van der Waals surface area contributed by atoms with Gasteiger partial charge in [-0.15, -0.1) is 0 Å². The molecule has 142 valence electrons. The molecule has 0 saturated carbocycles. The Bertz CT molecular complexity index is 1060. The van der Waals surface area contributed by atoms with Crippen LogP contribution in [0.3, 0.4) is 0 Å². The molecule has 0 aliphatic rings. The van der Waals surface area contributed by atoms with Crippen LogP contribution in [0.1, 0.15) is 16.1 Å². The van der Waals surface area contributed by atoms with Gasteiger partial charge < -0.3 is 9.15 Å². The van der Waals surface area contributed by atoms with Gasteiger partial charge in [-0.2, -0.15) is 5.10 Å². The van der Waals surface area contributed by atoms with Crippen LogP contribution in [-0.4, -0.2) is 24.2 Å². The van der Waals surface area contributed by atoms with E-state index in [4.69, 9.17) is 9.15 Å². The number of carbonyl (C=O) groups excluding carboxylic acids is 1. The predicted octanol–water partition coefficient (Wildman–Crippen LogP) is 3.77. The predicted molar refractivity (Wildman–Crippen MR) is 98.8 cm³/mol. The molecule has 0 fully saturated rings. The zero-order chi connectivity index (χ0) is 20.1. The topological polar surface area (TPSA) is 107 Å². The van der Waals surface area contributed by atoms with E-state index < -0.39 is 22.3 Å². The highest BCUT2D eigenvalue weighted by molar-refractivity contribution is 5.95. The summed E-state index contributed by atoms with van der Waals surface area (Å²) < 4.78 is 23.8. The molecule has 1 heterocycles. The first kappa shape index (κ1) is 18.8. The first-order valence-electron chi connectivity index (χ1n) is 7.99. The van der Waals surface area contributed by atoms with Gasteiger partial charge in [-0.1, -0.05) is 6.07 Å². The molecule has 0 bridgehead atoms. The molecule has 3 aromatic rings. The molecule has 0 spiro atoms. The normalized spacial score (nSPS) is 10.8. The third-order valence-electron chi connectivity index (χ3n) is 3.74. The molecule has 1 aromatic heterocycles. The van der Waals surface area contributed by atoms with Crippen molar-refractivity contribution >= 4 is 17.8 Å². The fourth-order valence-electron chi connectivity index (χ4n) is 2.41. The maximum Gasteiger partial charge on any atom is 0.283 e. The average molecular weight is 383 g/mol. The molecule has 0 saturated heterocycles. The number of methoxy groups -OCH3 is 1. The number of nitrogens with zero attached hydrogens (tertiary/aromatic N) is 2. The number of carbonyl (C=O) groups is 1. The number of nitrogens with one attached hydrogen (secondary N) is 1. The highest BCUT2D eigenvalue weighted by Gasteiger charge is 2.19. The Hall–Kier alpha value is -4.01. The highest BCUT2D eigenvalue weighted by Crippen LogP contribution is 2.31. The lowest BCUT2D eigenvalue weighted by Gasteiger charge is -2.02. The Morgan fingerprint density at radius 1 is 1.25 bits per heavy atom. The second-order valence-electron chi connectivity index (χ2n) is 5.55. The molecular weight excluding hydrogens is 369 g/mol. The van der Waals surface area contributed by atoms with Crippen molar-refractivity contribution in [1.29, 1.82) is 0 Å². The van der Waals surface area contributed by atoms with Crippen molar-refractivity contribution in [3.63, 3.8) is 0 Å². The molecule has 0 aliphatic heterocycles. The summed E-state index contributed by atoms with van der Waals surface area (Å²) in [6, 6.07) is 12.7. The van der Waals surface area contributed by atoms with E-state index >= 15 is 0 Å². The zero-order valence-electron chi connectivity index (χ0n) is 14.6. The summed E-state index contributed by atoms with van der Waals surface area (Å²) >= 11 is 0. The molecule has 0 unspecified atom stereocenters. The van der Waals surface area contributed by atoms with E-state index in [1.807, 2.05) is 0 Å². The van der Waals surface area contributed by atoms with Crippen LogP contribution in [0.5, 0.6) is 5.75 Å². The minimum absolute atomic E-state index is 0.131. The number of amides is 1. The standard InChI is InChI=1S/C19H14FN3O5/c1-27-14-4-2-3-12(9-14)19(24)22-21-11-15-6-8-18(28-15)16-7-5-13(20)10-17(16)23(25)26/h2-11H,1H3,(H,22,24)/b21-11-. The molecule has 0 aliphatic carbocycles. The Morgan fingerprint density at radius 3 is 2.82 bits per heavy atom. The minimum Gasteiger partial charge on any atom is -0.497 e.